The van der Waals surface area contributed by atoms with Crippen LogP contribution in [0, 0.1) is 10.1 Å². The molecule has 0 aliphatic carbocycles. The SMILES string of the molecule is O=[N+]([O-])c1cc2c(cc1/C=N/NC(=S)NCCN1CCOCC1)OCO2. The molecule has 0 spiro atoms. The van der Waals surface area contributed by atoms with Crippen molar-refractivity contribution in [2.75, 3.05) is 46.2 Å². The van der Waals surface area contributed by atoms with Crippen molar-refractivity contribution in [1.82, 2.24) is 15.6 Å². The van der Waals surface area contributed by atoms with Crippen molar-refractivity contribution in [3.05, 3.63) is 27.8 Å². The number of nitro groups is 1. The highest BCUT2D eigenvalue weighted by molar-refractivity contribution is 7.80. The van der Waals surface area contributed by atoms with Crippen LogP contribution in [0.1, 0.15) is 5.56 Å². The van der Waals surface area contributed by atoms with Crippen molar-refractivity contribution >= 4 is 29.2 Å². The zero-order valence-electron chi connectivity index (χ0n) is 14.0. The van der Waals surface area contributed by atoms with E-state index in [1.165, 1.54) is 18.3 Å². The Labute approximate surface area is 155 Å². The summed E-state index contributed by atoms with van der Waals surface area (Å²) in [6.07, 6.45) is 1.33. The first kappa shape index (κ1) is 18.3. The van der Waals surface area contributed by atoms with E-state index in [9.17, 15) is 10.1 Å². The zero-order chi connectivity index (χ0) is 18.4. The molecule has 3 rings (SSSR count). The first-order chi connectivity index (χ1) is 12.6. The number of ether oxygens (including phenoxy) is 3. The van der Waals surface area contributed by atoms with E-state index < -0.39 is 4.92 Å². The number of hydrogen-bond acceptors (Lipinski definition) is 8. The predicted octanol–water partition coefficient (Wildman–Crippen LogP) is 0.454. The molecule has 0 atom stereocenters. The van der Waals surface area contributed by atoms with E-state index in [2.05, 4.69) is 20.7 Å². The van der Waals surface area contributed by atoms with Gasteiger partial charge >= 0.3 is 0 Å². The number of hydrogen-bond donors (Lipinski definition) is 2. The van der Waals surface area contributed by atoms with Crippen LogP contribution < -0.4 is 20.2 Å². The van der Waals surface area contributed by atoms with Crippen molar-refractivity contribution < 1.29 is 19.1 Å². The summed E-state index contributed by atoms with van der Waals surface area (Å²) < 4.78 is 15.7. The first-order valence-electron chi connectivity index (χ1n) is 8.08. The molecular weight excluding hydrogens is 362 g/mol. The lowest BCUT2D eigenvalue weighted by atomic mass is 10.1. The molecule has 2 aliphatic rings. The van der Waals surface area contributed by atoms with Crippen molar-refractivity contribution in [2.24, 2.45) is 5.10 Å². The number of benzene rings is 1. The highest BCUT2D eigenvalue weighted by Crippen LogP contribution is 2.37. The summed E-state index contributed by atoms with van der Waals surface area (Å²) in [5.74, 6) is 0.797. The average molecular weight is 381 g/mol. The van der Waals surface area contributed by atoms with Gasteiger partial charge in [-0.3, -0.25) is 20.4 Å². The molecular formula is C15H19N5O5S. The van der Waals surface area contributed by atoms with Crippen molar-refractivity contribution in [3.8, 4) is 11.5 Å². The van der Waals surface area contributed by atoms with E-state index in [1.807, 2.05) is 0 Å². The maximum Gasteiger partial charge on any atom is 0.282 e. The van der Waals surface area contributed by atoms with E-state index >= 15 is 0 Å². The van der Waals surface area contributed by atoms with Crippen molar-refractivity contribution in [1.29, 1.82) is 0 Å². The third-order valence-corrected chi connectivity index (χ3v) is 4.14. The van der Waals surface area contributed by atoms with Crippen molar-refractivity contribution in [3.63, 3.8) is 0 Å². The molecule has 0 unspecified atom stereocenters. The van der Waals surface area contributed by atoms with Crippen LogP contribution in [-0.4, -0.2) is 67.3 Å². The number of rotatable bonds is 6. The molecule has 1 aromatic rings. The van der Waals surface area contributed by atoms with Gasteiger partial charge in [-0.2, -0.15) is 5.10 Å². The molecule has 1 saturated heterocycles. The number of thiocarbonyl (C=S) groups is 1. The van der Waals surface area contributed by atoms with Crippen LogP contribution in [-0.2, 0) is 4.74 Å². The number of fused-ring (bicyclic) bond motifs is 1. The van der Waals surface area contributed by atoms with Gasteiger partial charge in [0.25, 0.3) is 5.69 Å². The molecule has 11 heteroatoms. The van der Waals surface area contributed by atoms with Crippen LogP contribution in [0.5, 0.6) is 11.5 Å². The molecule has 2 aliphatic heterocycles. The Morgan fingerprint density at radius 1 is 1.35 bits per heavy atom. The minimum atomic E-state index is -0.498. The largest absolute Gasteiger partial charge is 0.454 e. The molecule has 26 heavy (non-hydrogen) atoms. The Balaban J connectivity index is 1.50. The van der Waals surface area contributed by atoms with Gasteiger partial charge in [0.1, 0.15) is 0 Å². The fourth-order valence-corrected chi connectivity index (χ4v) is 2.72. The summed E-state index contributed by atoms with van der Waals surface area (Å²) in [5, 5.41) is 18.5. The molecule has 2 N–H and O–H groups in total. The minimum Gasteiger partial charge on any atom is -0.454 e. The zero-order valence-corrected chi connectivity index (χ0v) is 14.8. The van der Waals surface area contributed by atoms with Crippen LogP contribution in [0.3, 0.4) is 0 Å². The van der Waals surface area contributed by atoms with Crippen LogP contribution >= 0.6 is 12.2 Å². The van der Waals surface area contributed by atoms with Crippen LogP contribution in [0.2, 0.25) is 0 Å². The molecule has 0 saturated carbocycles. The Morgan fingerprint density at radius 2 is 2.08 bits per heavy atom. The quantitative estimate of drug-likeness (QED) is 0.314. The second kappa shape index (κ2) is 8.74. The third kappa shape index (κ3) is 4.77. The number of hydrazone groups is 1. The lowest BCUT2D eigenvalue weighted by Crippen LogP contribution is -2.42. The second-order valence-corrected chi connectivity index (χ2v) is 6.01. The second-order valence-electron chi connectivity index (χ2n) is 5.60. The van der Waals surface area contributed by atoms with Gasteiger partial charge in [0.15, 0.2) is 16.6 Å². The molecule has 140 valence electrons. The topological polar surface area (TPSA) is 110 Å². The number of nitrogens with one attached hydrogen (secondary N) is 2. The Bertz CT molecular complexity index is 708. The third-order valence-electron chi connectivity index (χ3n) is 3.91. The number of nitro benzene ring substituents is 1. The van der Waals surface area contributed by atoms with E-state index in [1.54, 1.807) is 0 Å². The lowest BCUT2D eigenvalue weighted by molar-refractivity contribution is -0.385. The molecule has 10 nitrogen and oxygen atoms in total. The van der Waals surface area contributed by atoms with Gasteiger partial charge in [-0.1, -0.05) is 0 Å². The van der Waals surface area contributed by atoms with Gasteiger partial charge in [-0.25, -0.2) is 0 Å². The molecule has 0 amide bonds. The van der Waals surface area contributed by atoms with Crippen LogP contribution in [0.4, 0.5) is 5.69 Å². The van der Waals surface area contributed by atoms with Gasteiger partial charge in [0, 0.05) is 26.2 Å². The van der Waals surface area contributed by atoms with Gasteiger partial charge in [-0.15, -0.1) is 0 Å². The summed E-state index contributed by atoms with van der Waals surface area (Å²) in [4.78, 5) is 13.0. The highest BCUT2D eigenvalue weighted by Gasteiger charge is 2.22. The molecule has 1 aromatic carbocycles. The van der Waals surface area contributed by atoms with Crippen LogP contribution in [0.15, 0.2) is 17.2 Å². The van der Waals surface area contributed by atoms with E-state index in [0.29, 0.717) is 28.7 Å². The van der Waals surface area contributed by atoms with E-state index in [0.717, 1.165) is 32.8 Å². The normalized spacial score (nSPS) is 16.6. The molecule has 2 heterocycles. The predicted molar refractivity (Wildman–Crippen MR) is 97.8 cm³/mol. The Kier molecular flexibility index (Phi) is 6.15. The monoisotopic (exact) mass is 381 g/mol. The average Bonchev–Trinajstić information content (AvgIpc) is 3.09. The van der Waals surface area contributed by atoms with E-state index in [-0.39, 0.29) is 12.5 Å². The highest BCUT2D eigenvalue weighted by atomic mass is 32.1. The van der Waals surface area contributed by atoms with Gasteiger partial charge in [0.2, 0.25) is 6.79 Å². The number of nitrogens with zero attached hydrogens (tertiary/aromatic N) is 3. The van der Waals surface area contributed by atoms with Crippen molar-refractivity contribution in [2.45, 2.75) is 0 Å². The fraction of sp³-hybridized carbons (Fsp3) is 0.467. The van der Waals surface area contributed by atoms with Gasteiger partial charge in [0.05, 0.1) is 36.0 Å². The summed E-state index contributed by atoms with van der Waals surface area (Å²) in [7, 11) is 0. The maximum atomic E-state index is 11.2. The molecule has 0 radical (unpaired) electrons. The fourth-order valence-electron chi connectivity index (χ4n) is 2.56. The summed E-state index contributed by atoms with van der Waals surface area (Å²) in [6, 6.07) is 2.84. The summed E-state index contributed by atoms with van der Waals surface area (Å²) in [5.41, 5.74) is 2.83. The van der Waals surface area contributed by atoms with Gasteiger partial charge < -0.3 is 19.5 Å². The first-order valence-corrected chi connectivity index (χ1v) is 8.49. The molecule has 0 aromatic heterocycles. The van der Waals surface area contributed by atoms with Crippen LogP contribution in [0.25, 0.3) is 0 Å². The Morgan fingerprint density at radius 3 is 2.81 bits per heavy atom. The van der Waals surface area contributed by atoms with E-state index in [4.69, 9.17) is 26.4 Å². The standard InChI is InChI=1S/C15H19N5O5S/c21-20(22)12-8-14-13(24-10-25-14)7-11(12)9-17-18-15(26)16-1-2-19-3-5-23-6-4-19/h7-9H,1-6,10H2,(H2,16,18,26)/b17-9+. The lowest BCUT2D eigenvalue weighted by Gasteiger charge is -2.26. The Hall–Kier alpha value is -2.50. The smallest absolute Gasteiger partial charge is 0.282 e. The minimum absolute atomic E-state index is 0.0441. The summed E-state index contributed by atoms with van der Waals surface area (Å²) in [6.45, 7) is 4.89. The molecule has 1 fully saturated rings. The molecule has 0 bridgehead atoms. The summed E-state index contributed by atoms with van der Waals surface area (Å²) >= 11 is 5.14. The number of morpholine rings is 1. The maximum absolute atomic E-state index is 11.2. The van der Waals surface area contributed by atoms with Gasteiger partial charge in [-0.05, 0) is 18.3 Å².